The number of nitro benzene ring substituents is 1. The molecule has 110 valence electrons. The molecule has 3 N–H and O–H groups in total. The summed E-state index contributed by atoms with van der Waals surface area (Å²) in [6, 6.07) is 4.38. The molecule has 0 radical (unpaired) electrons. The van der Waals surface area contributed by atoms with E-state index in [1.165, 1.54) is 19.1 Å². The maximum atomic E-state index is 10.9. The van der Waals surface area contributed by atoms with E-state index in [9.17, 15) is 14.9 Å². The molecule has 0 heterocycles. The summed E-state index contributed by atoms with van der Waals surface area (Å²) in [6.07, 6.45) is -0.305. The van der Waals surface area contributed by atoms with Crippen molar-refractivity contribution in [2.45, 2.75) is 38.8 Å². The van der Waals surface area contributed by atoms with Gasteiger partial charge in [0.2, 0.25) is 0 Å². The van der Waals surface area contributed by atoms with E-state index in [0.717, 1.165) is 0 Å². The second-order valence-electron chi connectivity index (χ2n) is 5.06. The zero-order valence-electron chi connectivity index (χ0n) is 11.6. The van der Waals surface area contributed by atoms with Gasteiger partial charge in [-0.15, -0.1) is 0 Å². The van der Waals surface area contributed by atoms with Crippen LogP contribution in [0.1, 0.15) is 25.8 Å². The molecule has 7 nitrogen and oxygen atoms in total. The molecule has 7 heteroatoms. The van der Waals surface area contributed by atoms with E-state index in [4.69, 9.17) is 15.6 Å². The molecular weight excluding hydrogens is 264 g/mol. The number of rotatable bonds is 6. The third-order valence-electron chi connectivity index (χ3n) is 2.90. The lowest BCUT2D eigenvalue weighted by Crippen LogP contribution is -2.47. The van der Waals surface area contributed by atoms with Gasteiger partial charge in [-0.2, -0.15) is 0 Å². The summed E-state index contributed by atoms with van der Waals surface area (Å²) in [4.78, 5) is 21.2. The first kappa shape index (κ1) is 15.9. The molecule has 1 rings (SSSR count). The minimum Gasteiger partial charge on any atom is -0.491 e. The monoisotopic (exact) mass is 282 g/mol. The molecule has 0 bridgehead atoms. The fourth-order valence-electron chi connectivity index (χ4n) is 1.86. The van der Waals surface area contributed by atoms with Crippen molar-refractivity contribution >= 4 is 11.7 Å². The standard InChI is InChI=1S/C13H18N2O5/c1-8-6-10(4-5-11(8)15(18)19)20-9(2)7-13(3,14)12(16)17/h4-6,9H,7,14H2,1-3H3,(H,16,17). The molecule has 0 amide bonds. The van der Waals surface area contributed by atoms with Crippen LogP contribution in [0.4, 0.5) is 5.69 Å². The topological polar surface area (TPSA) is 116 Å². The molecule has 0 spiro atoms. The fourth-order valence-corrected chi connectivity index (χ4v) is 1.86. The zero-order valence-corrected chi connectivity index (χ0v) is 11.6. The van der Waals surface area contributed by atoms with Crippen molar-refractivity contribution in [2.24, 2.45) is 5.73 Å². The number of ether oxygens (including phenoxy) is 1. The molecule has 0 saturated carbocycles. The minimum absolute atomic E-state index is 0.0132. The maximum absolute atomic E-state index is 10.9. The number of aliphatic carboxylic acids is 1. The van der Waals surface area contributed by atoms with Crippen LogP contribution in [0.3, 0.4) is 0 Å². The Morgan fingerprint density at radius 2 is 2.20 bits per heavy atom. The molecule has 20 heavy (non-hydrogen) atoms. The molecule has 0 aliphatic heterocycles. The number of nitrogens with zero attached hydrogens (tertiary/aromatic N) is 1. The van der Waals surface area contributed by atoms with Crippen LogP contribution >= 0.6 is 0 Å². The number of carbonyl (C=O) groups is 1. The van der Waals surface area contributed by atoms with Gasteiger partial charge >= 0.3 is 5.97 Å². The number of carboxylic acid groups (broad SMARTS) is 1. The first-order chi connectivity index (χ1) is 9.13. The maximum Gasteiger partial charge on any atom is 0.323 e. The van der Waals surface area contributed by atoms with Crippen LogP contribution in [0.2, 0.25) is 0 Å². The van der Waals surface area contributed by atoms with E-state index in [1.54, 1.807) is 19.9 Å². The number of carboxylic acids is 1. The van der Waals surface area contributed by atoms with E-state index >= 15 is 0 Å². The Labute approximate surface area is 116 Å². The molecule has 2 unspecified atom stereocenters. The quantitative estimate of drug-likeness (QED) is 0.607. The molecule has 1 aromatic rings. The molecule has 1 aromatic carbocycles. The van der Waals surface area contributed by atoms with Gasteiger partial charge in [0, 0.05) is 18.1 Å². The molecule has 0 aliphatic carbocycles. The van der Waals surface area contributed by atoms with Crippen LogP contribution in [0.5, 0.6) is 5.75 Å². The van der Waals surface area contributed by atoms with Crippen molar-refractivity contribution < 1.29 is 19.6 Å². The lowest BCUT2D eigenvalue weighted by atomic mass is 9.96. The highest BCUT2D eigenvalue weighted by Gasteiger charge is 2.30. The average molecular weight is 282 g/mol. The van der Waals surface area contributed by atoms with Crippen molar-refractivity contribution in [3.8, 4) is 5.75 Å². The number of benzene rings is 1. The Kier molecular flexibility index (Phi) is 4.67. The van der Waals surface area contributed by atoms with Crippen LogP contribution in [0.15, 0.2) is 18.2 Å². The summed E-state index contributed by atoms with van der Waals surface area (Å²) >= 11 is 0. The number of nitrogens with two attached hydrogens (primary N) is 1. The number of hydrogen-bond acceptors (Lipinski definition) is 5. The van der Waals surface area contributed by atoms with Crippen LogP contribution in [0, 0.1) is 17.0 Å². The van der Waals surface area contributed by atoms with Crippen molar-refractivity contribution in [1.82, 2.24) is 0 Å². The Hall–Kier alpha value is -2.15. The summed E-state index contributed by atoms with van der Waals surface area (Å²) in [6.45, 7) is 4.72. The lowest BCUT2D eigenvalue weighted by molar-refractivity contribution is -0.385. The largest absolute Gasteiger partial charge is 0.491 e. The van der Waals surface area contributed by atoms with Crippen LogP contribution in [0.25, 0.3) is 0 Å². The fraction of sp³-hybridized carbons (Fsp3) is 0.462. The first-order valence-corrected chi connectivity index (χ1v) is 6.07. The molecule has 0 aromatic heterocycles. The SMILES string of the molecule is Cc1cc(OC(C)CC(C)(N)C(=O)O)ccc1[N+](=O)[O-]. The molecule has 0 fully saturated rings. The van der Waals surface area contributed by atoms with Gasteiger partial charge in [-0.25, -0.2) is 0 Å². The molecular formula is C13H18N2O5. The van der Waals surface area contributed by atoms with Gasteiger partial charge < -0.3 is 15.6 Å². The number of aryl methyl sites for hydroxylation is 1. The predicted octanol–water partition coefficient (Wildman–Crippen LogP) is 1.86. The second kappa shape index (κ2) is 5.87. The number of nitro groups is 1. The van der Waals surface area contributed by atoms with Gasteiger partial charge in [0.15, 0.2) is 0 Å². The van der Waals surface area contributed by atoms with E-state index in [-0.39, 0.29) is 12.1 Å². The van der Waals surface area contributed by atoms with Crippen molar-refractivity contribution in [1.29, 1.82) is 0 Å². The smallest absolute Gasteiger partial charge is 0.323 e. The van der Waals surface area contributed by atoms with Crippen LogP contribution < -0.4 is 10.5 Å². The van der Waals surface area contributed by atoms with E-state index in [1.807, 2.05) is 0 Å². The highest BCUT2D eigenvalue weighted by molar-refractivity contribution is 5.77. The van der Waals surface area contributed by atoms with Crippen molar-refractivity contribution in [3.63, 3.8) is 0 Å². The average Bonchev–Trinajstić information content (AvgIpc) is 2.26. The van der Waals surface area contributed by atoms with Gasteiger partial charge in [-0.1, -0.05) is 0 Å². The van der Waals surface area contributed by atoms with Gasteiger partial charge in [0.1, 0.15) is 11.3 Å². The zero-order chi connectivity index (χ0) is 15.5. The van der Waals surface area contributed by atoms with Crippen LogP contribution in [-0.4, -0.2) is 27.6 Å². The summed E-state index contributed by atoms with van der Waals surface area (Å²) in [5.74, 6) is -0.658. The molecule has 2 atom stereocenters. The van der Waals surface area contributed by atoms with E-state index in [0.29, 0.717) is 11.3 Å². The summed E-state index contributed by atoms with van der Waals surface area (Å²) in [5, 5.41) is 19.6. The van der Waals surface area contributed by atoms with Crippen LogP contribution in [-0.2, 0) is 4.79 Å². The summed E-state index contributed by atoms with van der Waals surface area (Å²) in [7, 11) is 0. The van der Waals surface area contributed by atoms with Crippen molar-refractivity contribution in [2.75, 3.05) is 0 Å². The molecule has 0 aliphatic rings. The highest BCUT2D eigenvalue weighted by atomic mass is 16.6. The van der Waals surface area contributed by atoms with Gasteiger partial charge in [-0.05, 0) is 32.9 Å². The van der Waals surface area contributed by atoms with Crippen molar-refractivity contribution in [3.05, 3.63) is 33.9 Å². The Bertz CT molecular complexity index is 527. The number of hydrogen-bond donors (Lipinski definition) is 2. The Morgan fingerprint density at radius 3 is 2.65 bits per heavy atom. The third-order valence-corrected chi connectivity index (χ3v) is 2.90. The van der Waals surface area contributed by atoms with E-state index in [2.05, 4.69) is 0 Å². The Morgan fingerprint density at radius 1 is 1.60 bits per heavy atom. The predicted molar refractivity (Wildman–Crippen MR) is 72.8 cm³/mol. The molecule has 0 saturated heterocycles. The van der Waals surface area contributed by atoms with Gasteiger partial charge in [0.25, 0.3) is 5.69 Å². The van der Waals surface area contributed by atoms with Gasteiger partial charge in [0.05, 0.1) is 11.0 Å². The normalized spacial score (nSPS) is 15.2. The summed E-state index contributed by atoms with van der Waals surface area (Å²) in [5.41, 5.74) is 4.75. The minimum atomic E-state index is -1.38. The second-order valence-corrected chi connectivity index (χ2v) is 5.06. The van der Waals surface area contributed by atoms with E-state index < -0.39 is 22.5 Å². The lowest BCUT2D eigenvalue weighted by Gasteiger charge is -2.24. The summed E-state index contributed by atoms with van der Waals surface area (Å²) < 4.78 is 5.55. The first-order valence-electron chi connectivity index (χ1n) is 6.07. The Balaban J connectivity index is 2.77. The third kappa shape index (κ3) is 3.92. The highest BCUT2D eigenvalue weighted by Crippen LogP contribution is 2.24. The van der Waals surface area contributed by atoms with Gasteiger partial charge in [-0.3, -0.25) is 14.9 Å².